The summed E-state index contributed by atoms with van der Waals surface area (Å²) in [6.07, 6.45) is -3.58. The maximum Gasteiger partial charge on any atom is 0.407 e. The molecule has 4 unspecified atom stereocenters. The molecule has 0 radical (unpaired) electrons. The van der Waals surface area contributed by atoms with Crippen LogP contribution in [0.2, 0.25) is 0 Å². The molecule has 2 rings (SSSR count). The first-order chi connectivity index (χ1) is 10.1. The van der Waals surface area contributed by atoms with E-state index in [2.05, 4.69) is 5.32 Å². The van der Waals surface area contributed by atoms with Gasteiger partial charge in [-0.15, -0.1) is 0 Å². The molecule has 0 saturated carbocycles. The summed E-state index contributed by atoms with van der Waals surface area (Å²) < 4.78 is 10.3. The number of hydrogen-bond acceptors (Lipinski definition) is 6. The van der Waals surface area contributed by atoms with Crippen LogP contribution < -0.4 is 11.1 Å². The van der Waals surface area contributed by atoms with E-state index in [1.54, 1.807) is 0 Å². The molecule has 1 aromatic rings. The van der Waals surface area contributed by atoms with Crippen molar-refractivity contribution in [2.75, 3.05) is 13.2 Å². The van der Waals surface area contributed by atoms with E-state index in [4.69, 9.17) is 15.2 Å². The van der Waals surface area contributed by atoms with E-state index in [-0.39, 0.29) is 19.8 Å². The number of ether oxygens (including phenoxy) is 2. The van der Waals surface area contributed by atoms with Gasteiger partial charge in [0.2, 0.25) is 0 Å². The van der Waals surface area contributed by atoms with Crippen molar-refractivity contribution in [1.82, 2.24) is 5.32 Å². The van der Waals surface area contributed by atoms with Crippen LogP contribution in [-0.4, -0.2) is 53.8 Å². The molecule has 5 N–H and O–H groups in total. The molecule has 0 spiro atoms. The fourth-order valence-electron chi connectivity index (χ4n) is 2.13. The predicted octanol–water partition coefficient (Wildman–Crippen LogP) is -0.639. The van der Waals surface area contributed by atoms with Gasteiger partial charge in [-0.05, 0) is 5.56 Å². The lowest BCUT2D eigenvalue weighted by molar-refractivity contribution is -0.145. The lowest BCUT2D eigenvalue weighted by Crippen LogP contribution is -2.60. The standard InChI is InChI=1S/C14H20N2O5/c15-6-11-13(18)12(17)10(8-20-11)16-14(19)21-7-9-4-2-1-3-5-9/h1-5,10-13,17-18H,6-8,15H2,(H,16,19). The van der Waals surface area contributed by atoms with Crippen LogP contribution in [0, 0.1) is 0 Å². The number of carbonyl (C=O) groups is 1. The molecular formula is C14H20N2O5. The van der Waals surface area contributed by atoms with Gasteiger partial charge in [-0.25, -0.2) is 4.79 Å². The zero-order valence-corrected chi connectivity index (χ0v) is 11.5. The van der Waals surface area contributed by atoms with E-state index < -0.39 is 30.4 Å². The highest BCUT2D eigenvalue weighted by Crippen LogP contribution is 2.15. The molecule has 7 heteroatoms. The predicted molar refractivity (Wildman–Crippen MR) is 74.4 cm³/mol. The van der Waals surface area contributed by atoms with E-state index in [1.165, 1.54) is 0 Å². The lowest BCUT2D eigenvalue weighted by Gasteiger charge is -2.37. The van der Waals surface area contributed by atoms with Gasteiger partial charge in [0.1, 0.15) is 18.8 Å². The highest BCUT2D eigenvalue weighted by Gasteiger charge is 2.38. The Morgan fingerprint density at radius 1 is 1.33 bits per heavy atom. The number of nitrogens with one attached hydrogen (secondary N) is 1. The van der Waals surface area contributed by atoms with Crippen LogP contribution in [0.1, 0.15) is 5.56 Å². The van der Waals surface area contributed by atoms with Gasteiger partial charge in [-0.3, -0.25) is 0 Å². The van der Waals surface area contributed by atoms with Crippen LogP contribution in [0.15, 0.2) is 30.3 Å². The lowest BCUT2D eigenvalue weighted by atomic mass is 9.98. The number of amides is 1. The van der Waals surface area contributed by atoms with Crippen LogP contribution in [-0.2, 0) is 16.1 Å². The normalized spacial score (nSPS) is 28.9. The van der Waals surface area contributed by atoms with Crippen LogP contribution in [0.25, 0.3) is 0 Å². The number of rotatable bonds is 4. The Kier molecular flexibility index (Phi) is 5.51. The minimum atomic E-state index is -1.14. The van der Waals surface area contributed by atoms with Crippen molar-refractivity contribution in [1.29, 1.82) is 0 Å². The van der Waals surface area contributed by atoms with E-state index in [1.807, 2.05) is 30.3 Å². The van der Waals surface area contributed by atoms with Crippen molar-refractivity contribution >= 4 is 6.09 Å². The maximum atomic E-state index is 11.7. The fourth-order valence-corrected chi connectivity index (χ4v) is 2.13. The van der Waals surface area contributed by atoms with Crippen LogP contribution >= 0.6 is 0 Å². The Bertz CT molecular complexity index is 456. The van der Waals surface area contributed by atoms with Gasteiger partial charge in [-0.2, -0.15) is 0 Å². The third-order valence-electron chi connectivity index (χ3n) is 3.38. The highest BCUT2D eigenvalue weighted by atomic mass is 16.6. The van der Waals surface area contributed by atoms with Crippen molar-refractivity contribution in [3.8, 4) is 0 Å². The number of carbonyl (C=O) groups excluding carboxylic acids is 1. The molecule has 7 nitrogen and oxygen atoms in total. The first-order valence-electron chi connectivity index (χ1n) is 6.77. The summed E-state index contributed by atoms with van der Waals surface area (Å²) in [5.74, 6) is 0. The zero-order valence-electron chi connectivity index (χ0n) is 11.5. The second kappa shape index (κ2) is 7.37. The topological polar surface area (TPSA) is 114 Å². The smallest absolute Gasteiger partial charge is 0.407 e. The average molecular weight is 296 g/mol. The number of aliphatic hydroxyl groups is 2. The Labute approximate surface area is 122 Å². The minimum absolute atomic E-state index is 0.0700. The van der Waals surface area contributed by atoms with Gasteiger partial charge in [0.05, 0.1) is 18.8 Å². The SMILES string of the molecule is NCC1OCC(NC(=O)OCc2ccccc2)C(O)C1O. The molecule has 1 fully saturated rings. The Balaban J connectivity index is 1.80. The van der Waals surface area contributed by atoms with E-state index in [0.717, 1.165) is 5.56 Å². The highest BCUT2D eigenvalue weighted by molar-refractivity contribution is 5.67. The first-order valence-corrected chi connectivity index (χ1v) is 6.77. The van der Waals surface area contributed by atoms with Gasteiger partial charge in [-0.1, -0.05) is 30.3 Å². The summed E-state index contributed by atoms with van der Waals surface area (Å²) in [7, 11) is 0. The molecule has 1 aromatic carbocycles. The molecule has 4 atom stereocenters. The third-order valence-corrected chi connectivity index (χ3v) is 3.38. The first kappa shape index (κ1) is 15.7. The van der Waals surface area contributed by atoms with Crippen LogP contribution in [0.4, 0.5) is 4.79 Å². The molecule has 116 valence electrons. The monoisotopic (exact) mass is 296 g/mol. The quantitative estimate of drug-likeness (QED) is 0.588. The average Bonchev–Trinajstić information content (AvgIpc) is 2.51. The van der Waals surface area contributed by atoms with Crippen LogP contribution in [0.5, 0.6) is 0 Å². The Morgan fingerprint density at radius 2 is 2.05 bits per heavy atom. The van der Waals surface area contributed by atoms with Crippen molar-refractivity contribution in [3.63, 3.8) is 0 Å². The number of hydrogen-bond donors (Lipinski definition) is 4. The summed E-state index contributed by atoms with van der Waals surface area (Å²) in [6, 6.07) is 8.50. The van der Waals surface area contributed by atoms with Gasteiger partial charge in [0.15, 0.2) is 0 Å². The van der Waals surface area contributed by atoms with Crippen molar-refractivity contribution in [3.05, 3.63) is 35.9 Å². The molecule has 1 aliphatic rings. The molecule has 1 aliphatic heterocycles. The molecule has 21 heavy (non-hydrogen) atoms. The van der Waals surface area contributed by atoms with E-state index >= 15 is 0 Å². The number of alkyl carbamates (subject to hydrolysis) is 1. The number of benzene rings is 1. The van der Waals surface area contributed by atoms with Gasteiger partial charge >= 0.3 is 6.09 Å². The molecule has 0 aliphatic carbocycles. The fraction of sp³-hybridized carbons (Fsp3) is 0.500. The third kappa shape index (κ3) is 4.15. The second-order valence-electron chi connectivity index (χ2n) is 4.90. The van der Waals surface area contributed by atoms with Crippen molar-refractivity contribution < 1.29 is 24.5 Å². The Morgan fingerprint density at radius 3 is 2.71 bits per heavy atom. The molecule has 0 aromatic heterocycles. The molecule has 1 saturated heterocycles. The molecular weight excluding hydrogens is 276 g/mol. The van der Waals surface area contributed by atoms with Crippen molar-refractivity contribution in [2.24, 2.45) is 5.73 Å². The number of nitrogens with two attached hydrogens (primary N) is 1. The largest absolute Gasteiger partial charge is 0.445 e. The summed E-state index contributed by atoms with van der Waals surface area (Å²) in [6.45, 7) is 0.300. The summed E-state index contributed by atoms with van der Waals surface area (Å²) in [5, 5.41) is 22.2. The summed E-state index contributed by atoms with van der Waals surface area (Å²) in [5.41, 5.74) is 6.26. The number of aliphatic hydroxyl groups excluding tert-OH is 2. The van der Waals surface area contributed by atoms with E-state index in [9.17, 15) is 15.0 Å². The van der Waals surface area contributed by atoms with Crippen LogP contribution in [0.3, 0.4) is 0 Å². The van der Waals surface area contributed by atoms with Gasteiger partial charge in [0, 0.05) is 6.54 Å². The van der Waals surface area contributed by atoms with E-state index in [0.29, 0.717) is 0 Å². The Hall–Kier alpha value is -1.67. The zero-order chi connectivity index (χ0) is 15.2. The maximum absolute atomic E-state index is 11.7. The van der Waals surface area contributed by atoms with Gasteiger partial charge < -0.3 is 30.7 Å². The second-order valence-corrected chi connectivity index (χ2v) is 4.90. The molecule has 0 bridgehead atoms. The molecule has 1 amide bonds. The summed E-state index contributed by atoms with van der Waals surface area (Å²) in [4.78, 5) is 11.7. The summed E-state index contributed by atoms with van der Waals surface area (Å²) >= 11 is 0. The van der Waals surface area contributed by atoms with Gasteiger partial charge in [0.25, 0.3) is 0 Å². The van der Waals surface area contributed by atoms with Crippen molar-refractivity contribution in [2.45, 2.75) is 31.0 Å². The molecule has 1 heterocycles. The minimum Gasteiger partial charge on any atom is -0.445 e.